The van der Waals surface area contributed by atoms with Crippen LogP contribution in [0.3, 0.4) is 0 Å². The first-order valence-electron chi connectivity index (χ1n) is 7.74. The lowest BCUT2D eigenvalue weighted by Gasteiger charge is -2.27. The number of nitrogens with zero attached hydrogens (tertiary/aromatic N) is 1. The Bertz CT molecular complexity index is 423. The van der Waals surface area contributed by atoms with Crippen molar-refractivity contribution in [2.75, 3.05) is 6.54 Å². The van der Waals surface area contributed by atoms with E-state index in [-0.39, 0.29) is 0 Å². The second kappa shape index (κ2) is 7.68. The summed E-state index contributed by atoms with van der Waals surface area (Å²) in [5, 5.41) is 0.767. The summed E-state index contributed by atoms with van der Waals surface area (Å²) in [6.45, 7) is 2.94. The topological polar surface area (TPSA) is 20.3 Å². The third-order valence-corrected chi connectivity index (χ3v) is 4.45. The van der Waals surface area contributed by atoms with Crippen molar-refractivity contribution in [2.45, 2.75) is 57.9 Å². The van der Waals surface area contributed by atoms with Crippen LogP contribution in [0.2, 0.25) is 5.02 Å². The first-order valence-corrected chi connectivity index (χ1v) is 8.12. The zero-order valence-corrected chi connectivity index (χ0v) is 13.0. The molecule has 2 rings (SSSR count). The molecule has 0 radical (unpaired) electrons. The summed E-state index contributed by atoms with van der Waals surface area (Å²) in [4.78, 5) is 14.4. The van der Waals surface area contributed by atoms with Gasteiger partial charge in [0.15, 0.2) is 0 Å². The third-order valence-electron chi connectivity index (χ3n) is 4.20. The molecule has 0 N–H and O–H groups in total. The fraction of sp³-hybridized carbons (Fsp3) is 0.588. The molecule has 0 saturated heterocycles. The average molecular weight is 294 g/mol. The summed E-state index contributed by atoms with van der Waals surface area (Å²) in [6.07, 6.45) is 7.47. The van der Waals surface area contributed by atoms with Gasteiger partial charge in [0, 0.05) is 24.0 Å². The number of hydrogen-bond donors (Lipinski definition) is 0. The van der Waals surface area contributed by atoms with E-state index in [0.29, 0.717) is 18.4 Å². The van der Waals surface area contributed by atoms with Crippen molar-refractivity contribution in [3.8, 4) is 0 Å². The third kappa shape index (κ3) is 4.24. The molecule has 3 heteroatoms. The average Bonchev–Trinajstić information content (AvgIpc) is 2.96. The summed E-state index contributed by atoms with van der Waals surface area (Å²) in [5.41, 5.74) is 1.26. The zero-order valence-electron chi connectivity index (χ0n) is 12.3. The fourth-order valence-corrected chi connectivity index (χ4v) is 3.22. The second-order valence-electron chi connectivity index (χ2n) is 5.60. The van der Waals surface area contributed by atoms with Crippen LogP contribution in [-0.4, -0.2) is 23.4 Å². The lowest BCUT2D eigenvalue weighted by Crippen LogP contribution is -2.38. The van der Waals surface area contributed by atoms with E-state index in [1.807, 2.05) is 24.3 Å². The minimum Gasteiger partial charge on any atom is -0.340 e. The maximum Gasteiger partial charge on any atom is 0.222 e. The number of halogens is 1. The molecular weight excluding hydrogens is 270 g/mol. The Balaban J connectivity index is 1.77. The summed E-state index contributed by atoms with van der Waals surface area (Å²) < 4.78 is 0. The van der Waals surface area contributed by atoms with Gasteiger partial charge in [0.05, 0.1) is 0 Å². The van der Waals surface area contributed by atoms with Crippen LogP contribution in [0.15, 0.2) is 24.3 Å². The highest BCUT2D eigenvalue weighted by Crippen LogP contribution is 2.24. The lowest BCUT2D eigenvalue weighted by atomic mass is 10.1. The Morgan fingerprint density at radius 3 is 2.50 bits per heavy atom. The molecule has 1 aromatic carbocycles. The van der Waals surface area contributed by atoms with E-state index in [9.17, 15) is 4.79 Å². The molecule has 20 heavy (non-hydrogen) atoms. The summed E-state index contributed by atoms with van der Waals surface area (Å²) in [6, 6.07) is 8.41. The van der Waals surface area contributed by atoms with Gasteiger partial charge < -0.3 is 4.90 Å². The number of amides is 1. The first kappa shape index (κ1) is 15.4. The van der Waals surface area contributed by atoms with Gasteiger partial charge in [-0.05, 0) is 50.3 Å². The van der Waals surface area contributed by atoms with Crippen LogP contribution in [0.25, 0.3) is 0 Å². The van der Waals surface area contributed by atoms with Gasteiger partial charge in [-0.2, -0.15) is 0 Å². The Kier molecular flexibility index (Phi) is 5.90. The number of benzene rings is 1. The number of rotatable bonds is 6. The van der Waals surface area contributed by atoms with Crippen molar-refractivity contribution in [1.82, 2.24) is 4.90 Å². The molecule has 110 valence electrons. The van der Waals surface area contributed by atoms with E-state index in [4.69, 9.17) is 11.6 Å². The standard InChI is InChI=1S/C17H24ClNO/c1-2-19(16-7-3-4-8-16)17(20)9-5-6-14-10-12-15(18)13-11-14/h10-13,16H,2-9H2,1H3. The van der Waals surface area contributed by atoms with Gasteiger partial charge in [0.25, 0.3) is 0 Å². The van der Waals surface area contributed by atoms with Crippen LogP contribution in [-0.2, 0) is 11.2 Å². The van der Waals surface area contributed by atoms with Crippen molar-refractivity contribution < 1.29 is 4.79 Å². The van der Waals surface area contributed by atoms with Crippen molar-refractivity contribution in [3.05, 3.63) is 34.9 Å². The van der Waals surface area contributed by atoms with Crippen LogP contribution < -0.4 is 0 Å². The minimum absolute atomic E-state index is 0.327. The quantitative estimate of drug-likeness (QED) is 0.758. The molecule has 0 bridgehead atoms. The SMILES string of the molecule is CCN(C(=O)CCCc1ccc(Cl)cc1)C1CCCC1. The van der Waals surface area contributed by atoms with E-state index in [2.05, 4.69) is 11.8 Å². The van der Waals surface area contributed by atoms with Gasteiger partial charge in [-0.3, -0.25) is 4.79 Å². The Morgan fingerprint density at radius 1 is 1.25 bits per heavy atom. The normalized spacial score (nSPS) is 15.5. The molecule has 0 spiro atoms. The van der Waals surface area contributed by atoms with Gasteiger partial charge in [0.1, 0.15) is 0 Å². The number of carbonyl (C=O) groups excluding carboxylic acids is 1. The smallest absolute Gasteiger partial charge is 0.222 e. The lowest BCUT2D eigenvalue weighted by molar-refractivity contribution is -0.133. The second-order valence-corrected chi connectivity index (χ2v) is 6.03. The molecule has 1 fully saturated rings. The van der Waals surface area contributed by atoms with E-state index in [1.165, 1.54) is 31.2 Å². The summed E-state index contributed by atoms with van der Waals surface area (Å²) in [5.74, 6) is 0.327. The molecule has 0 atom stereocenters. The minimum atomic E-state index is 0.327. The van der Waals surface area contributed by atoms with E-state index < -0.39 is 0 Å². The van der Waals surface area contributed by atoms with E-state index in [0.717, 1.165) is 24.4 Å². The molecule has 0 aliphatic heterocycles. The van der Waals surface area contributed by atoms with Gasteiger partial charge in [0.2, 0.25) is 5.91 Å². The number of hydrogen-bond acceptors (Lipinski definition) is 1. The largest absolute Gasteiger partial charge is 0.340 e. The molecule has 1 saturated carbocycles. The maximum absolute atomic E-state index is 12.3. The highest BCUT2D eigenvalue weighted by atomic mass is 35.5. The van der Waals surface area contributed by atoms with Crippen LogP contribution >= 0.6 is 11.6 Å². The van der Waals surface area contributed by atoms with Gasteiger partial charge in [-0.15, -0.1) is 0 Å². The molecule has 2 nitrogen and oxygen atoms in total. The van der Waals surface area contributed by atoms with Gasteiger partial charge >= 0.3 is 0 Å². The van der Waals surface area contributed by atoms with Gasteiger partial charge in [-0.1, -0.05) is 36.6 Å². The van der Waals surface area contributed by atoms with Crippen molar-refractivity contribution in [3.63, 3.8) is 0 Å². The van der Waals surface area contributed by atoms with E-state index in [1.54, 1.807) is 0 Å². The molecule has 0 heterocycles. The molecule has 1 amide bonds. The fourth-order valence-electron chi connectivity index (χ4n) is 3.09. The predicted octanol–water partition coefficient (Wildman–Crippen LogP) is 4.45. The number of aryl methyl sites for hydroxylation is 1. The molecular formula is C17H24ClNO. The molecule has 1 aromatic rings. The zero-order chi connectivity index (χ0) is 14.4. The molecule has 1 aliphatic carbocycles. The monoisotopic (exact) mass is 293 g/mol. The summed E-state index contributed by atoms with van der Waals surface area (Å²) >= 11 is 5.87. The predicted molar refractivity (Wildman–Crippen MR) is 84.0 cm³/mol. The maximum atomic E-state index is 12.3. The van der Waals surface area contributed by atoms with Crippen molar-refractivity contribution >= 4 is 17.5 Å². The molecule has 0 aromatic heterocycles. The van der Waals surface area contributed by atoms with E-state index >= 15 is 0 Å². The number of carbonyl (C=O) groups is 1. The highest BCUT2D eigenvalue weighted by molar-refractivity contribution is 6.30. The molecule has 1 aliphatic rings. The van der Waals surface area contributed by atoms with Crippen molar-refractivity contribution in [1.29, 1.82) is 0 Å². The van der Waals surface area contributed by atoms with Crippen LogP contribution in [0.1, 0.15) is 51.0 Å². The molecule has 0 unspecified atom stereocenters. The summed E-state index contributed by atoms with van der Waals surface area (Å²) in [7, 11) is 0. The van der Waals surface area contributed by atoms with Crippen LogP contribution in [0, 0.1) is 0 Å². The Hall–Kier alpha value is -1.02. The highest BCUT2D eigenvalue weighted by Gasteiger charge is 2.24. The Morgan fingerprint density at radius 2 is 1.90 bits per heavy atom. The van der Waals surface area contributed by atoms with Gasteiger partial charge in [-0.25, -0.2) is 0 Å². The van der Waals surface area contributed by atoms with Crippen LogP contribution in [0.4, 0.5) is 0 Å². The van der Waals surface area contributed by atoms with Crippen LogP contribution in [0.5, 0.6) is 0 Å². The first-order chi connectivity index (χ1) is 9.70. The van der Waals surface area contributed by atoms with Crippen molar-refractivity contribution in [2.24, 2.45) is 0 Å². The Labute approximate surface area is 127 Å².